The molecular formula is C21H16N4O4. The third-order valence-corrected chi connectivity index (χ3v) is 4.46. The molecule has 0 fully saturated rings. The summed E-state index contributed by atoms with van der Waals surface area (Å²) in [6.45, 7) is 3.51. The summed E-state index contributed by atoms with van der Waals surface area (Å²) in [7, 11) is 0. The highest BCUT2D eigenvalue weighted by molar-refractivity contribution is 5.92. The lowest BCUT2D eigenvalue weighted by molar-refractivity contribution is -0.385. The monoisotopic (exact) mass is 388 g/mol. The zero-order valence-electron chi connectivity index (χ0n) is 15.7. The number of aryl methyl sites for hydroxylation is 2. The van der Waals surface area contributed by atoms with Crippen LogP contribution in [0.25, 0.3) is 16.7 Å². The molecule has 0 aliphatic heterocycles. The zero-order chi connectivity index (χ0) is 20.5. The van der Waals surface area contributed by atoms with Crippen LogP contribution in [0.2, 0.25) is 0 Å². The Morgan fingerprint density at radius 1 is 1.00 bits per heavy atom. The lowest BCUT2D eigenvalue weighted by atomic mass is 10.1. The van der Waals surface area contributed by atoms with Crippen LogP contribution in [0.4, 0.5) is 5.69 Å². The first-order valence-electron chi connectivity index (χ1n) is 8.83. The van der Waals surface area contributed by atoms with E-state index in [1.165, 1.54) is 23.0 Å². The summed E-state index contributed by atoms with van der Waals surface area (Å²) in [5.74, 6) is -0.445. The van der Waals surface area contributed by atoms with Crippen LogP contribution in [-0.4, -0.2) is 25.9 Å². The van der Waals surface area contributed by atoms with Crippen molar-refractivity contribution in [2.45, 2.75) is 13.8 Å². The van der Waals surface area contributed by atoms with E-state index in [2.05, 4.69) is 10.2 Å². The normalized spacial score (nSPS) is 10.8. The van der Waals surface area contributed by atoms with Crippen LogP contribution in [-0.2, 0) is 0 Å². The summed E-state index contributed by atoms with van der Waals surface area (Å²) in [5, 5.41) is 20.0. The fourth-order valence-electron chi connectivity index (χ4n) is 2.93. The maximum Gasteiger partial charge on any atom is 0.343 e. The van der Waals surface area contributed by atoms with E-state index in [4.69, 9.17) is 4.74 Å². The van der Waals surface area contributed by atoms with Crippen molar-refractivity contribution in [1.29, 1.82) is 0 Å². The lowest BCUT2D eigenvalue weighted by Gasteiger charge is -2.10. The fourth-order valence-corrected chi connectivity index (χ4v) is 2.93. The van der Waals surface area contributed by atoms with E-state index in [0.717, 1.165) is 5.56 Å². The number of nitrogens with zero attached hydrogens (tertiary/aromatic N) is 4. The smallest absolute Gasteiger partial charge is 0.343 e. The van der Waals surface area contributed by atoms with Crippen LogP contribution < -0.4 is 4.74 Å². The molecule has 0 unspecified atom stereocenters. The molecule has 0 aliphatic carbocycles. The molecule has 0 aliphatic rings. The van der Waals surface area contributed by atoms with Gasteiger partial charge in [0, 0.05) is 11.6 Å². The molecule has 0 saturated heterocycles. The molecule has 1 aromatic heterocycles. The molecule has 3 aromatic carbocycles. The number of carbonyl (C=O) groups is 1. The van der Waals surface area contributed by atoms with Gasteiger partial charge in [0.1, 0.15) is 16.7 Å². The molecule has 0 bridgehead atoms. The van der Waals surface area contributed by atoms with Gasteiger partial charge in [-0.3, -0.25) is 10.1 Å². The van der Waals surface area contributed by atoms with Crippen molar-refractivity contribution < 1.29 is 14.5 Å². The van der Waals surface area contributed by atoms with Crippen molar-refractivity contribution >= 4 is 22.7 Å². The number of hydrogen-bond donors (Lipinski definition) is 0. The van der Waals surface area contributed by atoms with Crippen molar-refractivity contribution in [3.05, 3.63) is 87.5 Å². The van der Waals surface area contributed by atoms with E-state index in [1.54, 1.807) is 25.1 Å². The van der Waals surface area contributed by atoms with Gasteiger partial charge in [-0.1, -0.05) is 24.3 Å². The van der Waals surface area contributed by atoms with Gasteiger partial charge < -0.3 is 4.74 Å². The highest BCUT2D eigenvalue weighted by atomic mass is 16.6. The third kappa shape index (κ3) is 3.55. The van der Waals surface area contributed by atoms with Gasteiger partial charge in [-0.15, -0.1) is 15.0 Å². The van der Waals surface area contributed by atoms with E-state index in [9.17, 15) is 14.9 Å². The zero-order valence-corrected chi connectivity index (χ0v) is 15.7. The topological polar surface area (TPSA) is 100 Å². The molecule has 0 atom stereocenters. The Labute approximate surface area is 165 Å². The van der Waals surface area contributed by atoms with E-state index < -0.39 is 10.9 Å². The maximum absolute atomic E-state index is 12.6. The van der Waals surface area contributed by atoms with Gasteiger partial charge in [0.05, 0.1) is 10.5 Å². The summed E-state index contributed by atoms with van der Waals surface area (Å²) in [6, 6.07) is 16.9. The Morgan fingerprint density at radius 3 is 2.34 bits per heavy atom. The van der Waals surface area contributed by atoms with Gasteiger partial charge in [0.15, 0.2) is 5.75 Å². The van der Waals surface area contributed by atoms with Crippen LogP contribution in [0.15, 0.2) is 60.7 Å². The first-order chi connectivity index (χ1) is 13.9. The Hall–Kier alpha value is -4.07. The minimum Gasteiger partial charge on any atom is -0.421 e. The number of ether oxygens (including phenoxy) is 1. The van der Waals surface area contributed by atoms with Crippen LogP contribution in [0.1, 0.15) is 21.5 Å². The van der Waals surface area contributed by atoms with Crippen LogP contribution in [0, 0.1) is 24.0 Å². The summed E-state index contributed by atoms with van der Waals surface area (Å²) < 4.78 is 5.55. The van der Waals surface area contributed by atoms with Gasteiger partial charge in [-0.05, 0) is 49.7 Å². The van der Waals surface area contributed by atoms with Gasteiger partial charge in [0.25, 0.3) is 5.69 Å². The maximum atomic E-state index is 12.6. The number of fused-ring (bicyclic) bond motifs is 1. The molecule has 0 amide bonds. The second kappa shape index (κ2) is 7.16. The van der Waals surface area contributed by atoms with E-state index in [1.807, 2.05) is 31.2 Å². The first kappa shape index (κ1) is 18.3. The SMILES string of the molecule is Cc1ccc(OC(=O)c2ccc(C)c([N+](=O)[O-])c2)c(-n2nc3ccccc3n2)c1. The third-order valence-electron chi connectivity index (χ3n) is 4.46. The lowest BCUT2D eigenvalue weighted by Crippen LogP contribution is -2.12. The molecule has 0 saturated carbocycles. The highest BCUT2D eigenvalue weighted by Crippen LogP contribution is 2.26. The molecule has 0 radical (unpaired) electrons. The molecule has 1 heterocycles. The van der Waals surface area contributed by atoms with Crippen molar-refractivity contribution in [1.82, 2.24) is 15.0 Å². The van der Waals surface area contributed by atoms with E-state index in [0.29, 0.717) is 22.3 Å². The van der Waals surface area contributed by atoms with Crippen molar-refractivity contribution in [2.75, 3.05) is 0 Å². The predicted octanol–water partition coefficient (Wildman–Crippen LogP) is 4.16. The van der Waals surface area contributed by atoms with Crippen LogP contribution in [0.3, 0.4) is 0 Å². The summed E-state index contributed by atoms with van der Waals surface area (Å²) in [5.41, 5.74) is 3.27. The van der Waals surface area contributed by atoms with Crippen molar-refractivity contribution in [3.8, 4) is 11.4 Å². The largest absolute Gasteiger partial charge is 0.421 e. The van der Waals surface area contributed by atoms with Crippen LogP contribution >= 0.6 is 0 Å². The van der Waals surface area contributed by atoms with Crippen molar-refractivity contribution in [2.24, 2.45) is 0 Å². The van der Waals surface area contributed by atoms with Crippen molar-refractivity contribution in [3.63, 3.8) is 0 Å². The number of carbonyl (C=O) groups excluding carboxylic acids is 1. The molecular weight excluding hydrogens is 372 g/mol. The number of esters is 1. The van der Waals surface area contributed by atoms with Gasteiger partial charge in [0.2, 0.25) is 0 Å². The number of aromatic nitrogens is 3. The minimum atomic E-state index is -0.699. The second-order valence-corrected chi connectivity index (χ2v) is 6.60. The Morgan fingerprint density at radius 2 is 1.69 bits per heavy atom. The molecule has 4 rings (SSSR count). The number of benzene rings is 3. The predicted molar refractivity (Wildman–Crippen MR) is 106 cm³/mol. The molecule has 144 valence electrons. The Balaban J connectivity index is 1.72. The minimum absolute atomic E-state index is 0.0902. The number of nitro benzene ring substituents is 1. The molecule has 8 nitrogen and oxygen atoms in total. The Kier molecular flexibility index (Phi) is 4.52. The number of hydrogen-bond acceptors (Lipinski definition) is 6. The molecule has 4 aromatic rings. The summed E-state index contributed by atoms with van der Waals surface area (Å²) >= 11 is 0. The number of rotatable bonds is 4. The summed E-state index contributed by atoms with van der Waals surface area (Å²) in [4.78, 5) is 24.7. The molecule has 8 heteroatoms. The number of nitro groups is 1. The second-order valence-electron chi connectivity index (χ2n) is 6.60. The molecule has 0 spiro atoms. The average molecular weight is 388 g/mol. The van der Waals surface area contributed by atoms with E-state index >= 15 is 0 Å². The quantitative estimate of drug-likeness (QED) is 0.225. The first-order valence-corrected chi connectivity index (χ1v) is 8.83. The average Bonchev–Trinajstić information content (AvgIpc) is 3.13. The fraction of sp³-hybridized carbons (Fsp3) is 0.0952. The molecule has 29 heavy (non-hydrogen) atoms. The van der Waals surface area contributed by atoms with Crippen LogP contribution in [0.5, 0.6) is 5.75 Å². The Bertz CT molecular complexity index is 1230. The van der Waals surface area contributed by atoms with E-state index in [-0.39, 0.29) is 17.0 Å². The summed E-state index contributed by atoms with van der Waals surface area (Å²) in [6.07, 6.45) is 0. The van der Waals surface area contributed by atoms with Gasteiger partial charge in [-0.2, -0.15) is 0 Å². The molecule has 0 N–H and O–H groups in total. The van der Waals surface area contributed by atoms with Gasteiger partial charge in [-0.25, -0.2) is 4.79 Å². The highest BCUT2D eigenvalue weighted by Gasteiger charge is 2.19. The van der Waals surface area contributed by atoms with Gasteiger partial charge >= 0.3 is 5.97 Å². The standard InChI is InChI=1S/C21H16N4O4/c1-13-7-10-20(19(11-13)24-22-16-5-3-4-6-17(16)23-24)29-21(26)15-9-8-14(2)18(12-15)25(27)28/h3-12H,1-2H3.